The normalized spacial score (nSPS) is 20.2. The van der Waals surface area contributed by atoms with Crippen molar-refractivity contribution in [2.24, 2.45) is 0 Å². The van der Waals surface area contributed by atoms with Gasteiger partial charge in [0.05, 0.1) is 0 Å². The Labute approximate surface area is 118 Å². The lowest BCUT2D eigenvalue weighted by molar-refractivity contribution is 0.503. The molecule has 1 aliphatic heterocycles. The number of fused-ring (bicyclic) bond motifs is 1. The highest BCUT2D eigenvalue weighted by Gasteiger charge is 2.21. The van der Waals surface area contributed by atoms with Crippen molar-refractivity contribution < 1.29 is 0 Å². The van der Waals surface area contributed by atoms with Crippen molar-refractivity contribution in [2.45, 2.75) is 58.0 Å². The maximum absolute atomic E-state index is 3.31. The van der Waals surface area contributed by atoms with Crippen LogP contribution in [-0.2, 0) is 6.42 Å². The molecule has 2 rings (SSSR count). The summed E-state index contributed by atoms with van der Waals surface area (Å²) in [6.07, 6.45) is 6.42. The van der Waals surface area contributed by atoms with E-state index in [0.29, 0.717) is 12.1 Å². The molecule has 0 fully saturated rings. The third-order valence-corrected chi connectivity index (χ3v) is 4.44. The van der Waals surface area contributed by atoms with Crippen LogP contribution in [0.15, 0.2) is 24.3 Å². The van der Waals surface area contributed by atoms with Gasteiger partial charge < -0.3 is 10.2 Å². The summed E-state index contributed by atoms with van der Waals surface area (Å²) >= 11 is 0. The van der Waals surface area contributed by atoms with Crippen LogP contribution in [0.2, 0.25) is 0 Å². The first kappa shape index (κ1) is 14.4. The van der Waals surface area contributed by atoms with Gasteiger partial charge in [0.1, 0.15) is 0 Å². The Bertz CT molecular complexity index is 389. The SMILES string of the molecule is CNC(C)CCCCN1c2ccccc2CCC1C. The van der Waals surface area contributed by atoms with Crippen molar-refractivity contribution in [1.82, 2.24) is 5.32 Å². The number of aryl methyl sites for hydroxylation is 1. The van der Waals surface area contributed by atoms with Crippen LogP contribution in [-0.4, -0.2) is 25.7 Å². The molecule has 0 saturated heterocycles. The number of anilines is 1. The number of para-hydroxylation sites is 1. The van der Waals surface area contributed by atoms with Gasteiger partial charge in [-0.1, -0.05) is 24.6 Å². The zero-order valence-corrected chi connectivity index (χ0v) is 12.7. The second-order valence-corrected chi connectivity index (χ2v) is 5.90. The Morgan fingerprint density at radius 1 is 1.32 bits per heavy atom. The van der Waals surface area contributed by atoms with Crippen molar-refractivity contribution in [3.8, 4) is 0 Å². The van der Waals surface area contributed by atoms with E-state index in [1.165, 1.54) is 49.9 Å². The molecule has 2 heteroatoms. The Hall–Kier alpha value is -1.02. The number of hydrogen-bond donors (Lipinski definition) is 1. The lowest BCUT2D eigenvalue weighted by atomic mass is 9.96. The predicted octanol–water partition coefficient (Wildman–Crippen LogP) is 3.61. The van der Waals surface area contributed by atoms with E-state index < -0.39 is 0 Å². The molecular weight excluding hydrogens is 232 g/mol. The Morgan fingerprint density at radius 3 is 2.89 bits per heavy atom. The van der Waals surface area contributed by atoms with E-state index >= 15 is 0 Å². The Morgan fingerprint density at radius 2 is 2.11 bits per heavy atom. The zero-order chi connectivity index (χ0) is 13.7. The van der Waals surface area contributed by atoms with Crippen LogP contribution in [0.25, 0.3) is 0 Å². The fourth-order valence-corrected chi connectivity index (χ4v) is 2.98. The fourth-order valence-electron chi connectivity index (χ4n) is 2.98. The average Bonchev–Trinajstić information content (AvgIpc) is 2.45. The third-order valence-electron chi connectivity index (χ3n) is 4.44. The third kappa shape index (κ3) is 3.73. The van der Waals surface area contributed by atoms with Crippen molar-refractivity contribution in [1.29, 1.82) is 0 Å². The summed E-state index contributed by atoms with van der Waals surface area (Å²) in [7, 11) is 2.05. The van der Waals surface area contributed by atoms with Gasteiger partial charge in [0.15, 0.2) is 0 Å². The average molecular weight is 260 g/mol. The molecule has 1 aromatic rings. The molecule has 0 amide bonds. The van der Waals surface area contributed by atoms with Gasteiger partial charge in [-0.25, -0.2) is 0 Å². The van der Waals surface area contributed by atoms with Gasteiger partial charge in [0, 0.05) is 24.3 Å². The van der Waals surface area contributed by atoms with Crippen LogP contribution in [0.4, 0.5) is 5.69 Å². The highest BCUT2D eigenvalue weighted by molar-refractivity contribution is 5.56. The topological polar surface area (TPSA) is 15.3 Å². The van der Waals surface area contributed by atoms with Crippen molar-refractivity contribution in [3.63, 3.8) is 0 Å². The van der Waals surface area contributed by atoms with Gasteiger partial charge in [-0.2, -0.15) is 0 Å². The molecule has 0 aromatic heterocycles. The first-order valence-electron chi connectivity index (χ1n) is 7.74. The van der Waals surface area contributed by atoms with Gasteiger partial charge in [-0.3, -0.25) is 0 Å². The highest BCUT2D eigenvalue weighted by Crippen LogP contribution is 2.30. The van der Waals surface area contributed by atoms with Crippen molar-refractivity contribution in [3.05, 3.63) is 29.8 Å². The van der Waals surface area contributed by atoms with Gasteiger partial charge in [-0.05, 0) is 58.2 Å². The Kier molecular flexibility index (Phi) is 5.26. The van der Waals surface area contributed by atoms with Gasteiger partial charge in [0.25, 0.3) is 0 Å². The lowest BCUT2D eigenvalue weighted by Gasteiger charge is -2.37. The number of nitrogens with one attached hydrogen (secondary N) is 1. The maximum Gasteiger partial charge on any atom is 0.0401 e. The summed E-state index contributed by atoms with van der Waals surface area (Å²) in [4.78, 5) is 2.61. The summed E-state index contributed by atoms with van der Waals surface area (Å²) in [5.41, 5.74) is 3.01. The minimum Gasteiger partial charge on any atom is -0.369 e. The van der Waals surface area contributed by atoms with Gasteiger partial charge >= 0.3 is 0 Å². The van der Waals surface area contributed by atoms with Crippen LogP contribution in [0.3, 0.4) is 0 Å². The highest BCUT2D eigenvalue weighted by atomic mass is 15.2. The standard InChI is InChI=1S/C17H28N2/c1-14(18-3)8-6-7-13-19-15(2)11-12-16-9-4-5-10-17(16)19/h4-5,9-10,14-15,18H,6-8,11-13H2,1-3H3. The van der Waals surface area contributed by atoms with E-state index in [1.54, 1.807) is 0 Å². The molecule has 0 saturated carbocycles. The summed E-state index contributed by atoms with van der Waals surface area (Å²) in [5, 5.41) is 3.31. The summed E-state index contributed by atoms with van der Waals surface area (Å²) in [6.45, 7) is 5.83. The quantitative estimate of drug-likeness (QED) is 0.786. The molecule has 1 N–H and O–H groups in total. The molecular formula is C17H28N2. The van der Waals surface area contributed by atoms with E-state index in [-0.39, 0.29) is 0 Å². The molecule has 1 aliphatic rings. The molecule has 106 valence electrons. The van der Waals surface area contributed by atoms with Crippen LogP contribution < -0.4 is 10.2 Å². The van der Waals surface area contributed by atoms with E-state index in [1.807, 2.05) is 7.05 Å². The molecule has 2 nitrogen and oxygen atoms in total. The zero-order valence-electron chi connectivity index (χ0n) is 12.7. The minimum absolute atomic E-state index is 0.645. The number of hydrogen-bond acceptors (Lipinski definition) is 2. The fraction of sp³-hybridized carbons (Fsp3) is 0.647. The molecule has 0 radical (unpaired) electrons. The number of nitrogens with zero attached hydrogens (tertiary/aromatic N) is 1. The monoisotopic (exact) mass is 260 g/mol. The molecule has 19 heavy (non-hydrogen) atoms. The summed E-state index contributed by atoms with van der Waals surface area (Å²) < 4.78 is 0. The molecule has 0 aliphatic carbocycles. The molecule has 1 heterocycles. The molecule has 2 atom stereocenters. The van der Waals surface area contributed by atoms with Gasteiger partial charge in [0.2, 0.25) is 0 Å². The van der Waals surface area contributed by atoms with Gasteiger partial charge in [-0.15, -0.1) is 0 Å². The predicted molar refractivity (Wildman–Crippen MR) is 83.9 cm³/mol. The number of benzene rings is 1. The summed E-state index contributed by atoms with van der Waals surface area (Å²) in [5.74, 6) is 0. The van der Waals surface area contributed by atoms with E-state index in [2.05, 4.69) is 48.3 Å². The second-order valence-electron chi connectivity index (χ2n) is 5.90. The molecule has 2 unspecified atom stereocenters. The molecule has 0 bridgehead atoms. The molecule has 1 aromatic carbocycles. The maximum atomic E-state index is 3.31. The van der Waals surface area contributed by atoms with Crippen LogP contribution >= 0.6 is 0 Å². The van der Waals surface area contributed by atoms with E-state index in [9.17, 15) is 0 Å². The first-order chi connectivity index (χ1) is 9.22. The number of rotatable bonds is 6. The van der Waals surface area contributed by atoms with Crippen molar-refractivity contribution in [2.75, 3.05) is 18.5 Å². The van der Waals surface area contributed by atoms with E-state index in [4.69, 9.17) is 0 Å². The number of unbranched alkanes of at least 4 members (excludes halogenated alkanes) is 1. The first-order valence-corrected chi connectivity index (χ1v) is 7.74. The summed E-state index contributed by atoms with van der Waals surface area (Å²) in [6, 6.07) is 10.3. The van der Waals surface area contributed by atoms with E-state index in [0.717, 1.165) is 0 Å². The lowest BCUT2D eigenvalue weighted by Crippen LogP contribution is -2.38. The van der Waals surface area contributed by atoms with Crippen LogP contribution in [0.1, 0.15) is 45.1 Å². The Balaban J connectivity index is 1.89. The minimum atomic E-state index is 0.645. The van der Waals surface area contributed by atoms with Crippen molar-refractivity contribution >= 4 is 5.69 Å². The largest absolute Gasteiger partial charge is 0.369 e. The van der Waals surface area contributed by atoms with Crippen LogP contribution in [0.5, 0.6) is 0 Å². The smallest absolute Gasteiger partial charge is 0.0401 e. The molecule has 0 spiro atoms. The second kappa shape index (κ2) is 6.95. The van der Waals surface area contributed by atoms with Crippen LogP contribution in [0, 0.1) is 0 Å².